The lowest BCUT2D eigenvalue weighted by atomic mass is 9.82. The standard InChI is InChI=1S/C48H39N5/c1-3-16-36(17-4-1)51(39-30-32-40(33-31-39)52-45-24-11-9-21-42(45)43-22-10-12-25-46(43)52)38-28-26-35(27-29-38)47-49-50-48(53(47)37-18-5-2-6-19-37)44-23-13-15-34-14-7-8-20-41(34)44/h1,3-5,8-13,15-22,24-33,44H,2,6-7,14,23H2. The van der Waals surface area contributed by atoms with Gasteiger partial charge >= 0.3 is 0 Å². The molecule has 0 fully saturated rings. The summed E-state index contributed by atoms with van der Waals surface area (Å²) in [6, 6.07) is 45.6. The lowest BCUT2D eigenvalue weighted by Gasteiger charge is -2.27. The summed E-state index contributed by atoms with van der Waals surface area (Å²) >= 11 is 0. The lowest BCUT2D eigenvalue weighted by molar-refractivity contribution is 0.706. The number of hydrogen-bond donors (Lipinski definition) is 0. The number of fused-ring (bicyclic) bond motifs is 3. The zero-order valence-electron chi connectivity index (χ0n) is 29.5. The maximum atomic E-state index is 4.93. The van der Waals surface area contributed by atoms with Gasteiger partial charge in [0.2, 0.25) is 0 Å². The second kappa shape index (κ2) is 13.3. The molecule has 1 atom stereocenters. The van der Waals surface area contributed by atoms with Crippen LogP contribution in [0.25, 0.3) is 44.6 Å². The molecular weight excluding hydrogens is 647 g/mol. The molecule has 3 aliphatic rings. The zero-order valence-corrected chi connectivity index (χ0v) is 29.5. The van der Waals surface area contributed by atoms with Gasteiger partial charge in [-0.1, -0.05) is 91.1 Å². The molecule has 0 radical (unpaired) electrons. The van der Waals surface area contributed by atoms with Crippen LogP contribution in [0.2, 0.25) is 0 Å². The molecule has 2 heterocycles. The van der Waals surface area contributed by atoms with Gasteiger partial charge in [0.25, 0.3) is 0 Å². The Bertz CT molecular complexity index is 2580. The van der Waals surface area contributed by atoms with Gasteiger partial charge in [0, 0.05) is 50.7 Å². The Morgan fingerprint density at radius 3 is 1.92 bits per heavy atom. The van der Waals surface area contributed by atoms with Crippen molar-refractivity contribution in [1.82, 2.24) is 19.3 Å². The average Bonchev–Trinajstić information content (AvgIpc) is 3.82. The van der Waals surface area contributed by atoms with Crippen LogP contribution in [0.1, 0.15) is 43.8 Å². The van der Waals surface area contributed by atoms with Gasteiger partial charge in [-0.3, -0.25) is 4.57 Å². The molecule has 7 aromatic rings. The fourth-order valence-electron chi connectivity index (χ4n) is 8.40. The molecular formula is C48H39N5. The predicted molar refractivity (Wildman–Crippen MR) is 219 cm³/mol. The minimum atomic E-state index is 0.183. The number of aromatic nitrogens is 4. The van der Waals surface area contributed by atoms with E-state index in [0.29, 0.717) is 0 Å². The van der Waals surface area contributed by atoms with Crippen LogP contribution in [0.4, 0.5) is 17.1 Å². The Kier molecular flexibility index (Phi) is 7.83. The fraction of sp³-hybridized carbons (Fsp3) is 0.125. The first-order valence-corrected chi connectivity index (χ1v) is 18.7. The van der Waals surface area contributed by atoms with E-state index in [1.807, 2.05) is 0 Å². The van der Waals surface area contributed by atoms with Crippen LogP contribution in [0.3, 0.4) is 0 Å². The monoisotopic (exact) mass is 685 g/mol. The fourth-order valence-corrected chi connectivity index (χ4v) is 8.40. The van der Waals surface area contributed by atoms with Crippen LogP contribution in [-0.4, -0.2) is 19.3 Å². The van der Waals surface area contributed by atoms with Crippen molar-refractivity contribution >= 4 is 44.6 Å². The molecule has 1 unspecified atom stereocenters. The topological polar surface area (TPSA) is 38.9 Å². The van der Waals surface area contributed by atoms with Crippen LogP contribution >= 0.6 is 0 Å². The summed E-state index contributed by atoms with van der Waals surface area (Å²) in [6.07, 6.45) is 21.3. The molecule has 53 heavy (non-hydrogen) atoms. The molecule has 0 bridgehead atoms. The Morgan fingerprint density at radius 1 is 0.547 bits per heavy atom. The van der Waals surface area contributed by atoms with Gasteiger partial charge in [-0.25, -0.2) is 0 Å². The molecule has 3 aliphatic carbocycles. The summed E-state index contributed by atoms with van der Waals surface area (Å²) in [6.45, 7) is 0. The van der Waals surface area contributed by atoms with Crippen molar-refractivity contribution in [2.75, 3.05) is 4.90 Å². The normalized spacial score (nSPS) is 16.7. The molecule has 0 saturated heterocycles. The molecule has 5 nitrogen and oxygen atoms in total. The molecule has 5 heteroatoms. The minimum absolute atomic E-state index is 0.183. The van der Waals surface area contributed by atoms with Crippen molar-refractivity contribution in [1.29, 1.82) is 0 Å². The van der Waals surface area contributed by atoms with Crippen molar-refractivity contribution in [3.63, 3.8) is 0 Å². The summed E-state index contributed by atoms with van der Waals surface area (Å²) in [5.41, 5.74) is 11.8. The Morgan fingerprint density at radius 2 is 1.21 bits per heavy atom. The number of benzene rings is 5. The van der Waals surface area contributed by atoms with Crippen molar-refractivity contribution in [2.45, 2.75) is 38.0 Å². The van der Waals surface area contributed by atoms with E-state index in [0.717, 1.165) is 77.8 Å². The van der Waals surface area contributed by atoms with E-state index in [1.54, 1.807) is 0 Å². The third kappa shape index (κ3) is 5.48. The van der Waals surface area contributed by atoms with Gasteiger partial charge in [-0.2, -0.15) is 0 Å². The van der Waals surface area contributed by atoms with E-state index >= 15 is 0 Å². The molecule has 0 amide bonds. The predicted octanol–water partition coefficient (Wildman–Crippen LogP) is 12.4. The molecule has 2 aromatic heterocycles. The van der Waals surface area contributed by atoms with Crippen LogP contribution in [-0.2, 0) is 0 Å². The van der Waals surface area contributed by atoms with Gasteiger partial charge in [0.15, 0.2) is 5.82 Å². The van der Waals surface area contributed by atoms with Crippen molar-refractivity contribution < 1.29 is 0 Å². The highest BCUT2D eigenvalue weighted by Gasteiger charge is 2.29. The van der Waals surface area contributed by atoms with E-state index < -0.39 is 0 Å². The third-order valence-corrected chi connectivity index (χ3v) is 10.9. The van der Waals surface area contributed by atoms with E-state index in [1.165, 1.54) is 33.0 Å². The van der Waals surface area contributed by atoms with Crippen LogP contribution in [0.5, 0.6) is 0 Å². The number of nitrogens with zero attached hydrogens (tertiary/aromatic N) is 5. The summed E-state index contributed by atoms with van der Waals surface area (Å²) in [4.78, 5) is 2.32. The highest BCUT2D eigenvalue weighted by molar-refractivity contribution is 6.09. The van der Waals surface area contributed by atoms with Gasteiger partial charge < -0.3 is 9.47 Å². The van der Waals surface area contributed by atoms with E-state index in [9.17, 15) is 0 Å². The maximum Gasteiger partial charge on any atom is 0.168 e. The van der Waals surface area contributed by atoms with Crippen molar-refractivity contribution in [2.24, 2.45) is 0 Å². The lowest BCUT2D eigenvalue weighted by Crippen LogP contribution is -2.15. The summed E-state index contributed by atoms with van der Waals surface area (Å²) in [7, 11) is 0. The van der Waals surface area contributed by atoms with Gasteiger partial charge in [0.05, 0.1) is 11.0 Å². The summed E-state index contributed by atoms with van der Waals surface area (Å²) < 4.78 is 4.67. The number of anilines is 3. The van der Waals surface area contributed by atoms with Gasteiger partial charge in [0.1, 0.15) is 5.82 Å². The molecule has 10 rings (SSSR count). The maximum absolute atomic E-state index is 4.93. The van der Waals surface area contributed by atoms with Crippen LogP contribution < -0.4 is 4.90 Å². The Labute approximate surface area is 309 Å². The largest absolute Gasteiger partial charge is 0.311 e. The van der Waals surface area contributed by atoms with Gasteiger partial charge in [-0.05, 0) is 122 Å². The second-order valence-electron chi connectivity index (χ2n) is 14.0. The molecule has 0 saturated carbocycles. The molecule has 256 valence electrons. The molecule has 0 N–H and O–H groups in total. The minimum Gasteiger partial charge on any atom is -0.311 e. The number of hydrogen-bond acceptors (Lipinski definition) is 3. The molecule has 5 aromatic carbocycles. The highest BCUT2D eigenvalue weighted by atomic mass is 15.3. The molecule has 0 spiro atoms. The number of allylic oxidation sites excluding steroid dienone is 10. The van der Waals surface area contributed by atoms with Crippen molar-refractivity contribution in [3.05, 3.63) is 187 Å². The van der Waals surface area contributed by atoms with Crippen LogP contribution in [0, 0.1) is 0 Å². The Hall–Kier alpha value is -6.46. The van der Waals surface area contributed by atoms with E-state index in [-0.39, 0.29) is 5.92 Å². The number of para-hydroxylation sites is 3. The summed E-state index contributed by atoms with van der Waals surface area (Å²) in [5.74, 6) is 2.07. The van der Waals surface area contributed by atoms with E-state index in [4.69, 9.17) is 10.2 Å². The first kappa shape index (κ1) is 31.3. The highest BCUT2D eigenvalue weighted by Crippen LogP contribution is 2.42. The van der Waals surface area contributed by atoms with Crippen LogP contribution in [0.15, 0.2) is 181 Å². The van der Waals surface area contributed by atoms with Gasteiger partial charge in [-0.15, -0.1) is 10.2 Å². The first-order chi connectivity index (χ1) is 26.3. The first-order valence-electron chi connectivity index (χ1n) is 18.7. The van der Waals surface area contributed by atoms with E-state index in [2.05, 4.69) is 184 Å². The average molecular weight is 686 g/mol. The van der Waals surface area contributed by atoms with Crippen molar-refractivity contribution in [3.8, 4) is 17.1 Å². The smallest absolute Gasteiger partial charge is 0.168 e. The Balaban J connectivity index is 1.03. The zero-order chi connectivity index (χ0) is 35.1. The number of rotatable bonds is 7. The molecule has 0 aliphatic heterocycles. The SMILES string of the molecule is C1=CC(n2c(-c3ccc(N(c4ccccc4)c4ccc(-n5c6ccccc6c6ccccc65)cc4)cc3)nnc2C2CC=CC3=C2C=CCC3)=CCC1. The third-order valence-electron chi connectivity index (χ3n) is 10.9. The second-order valence-corrected chi connectivity index (χ2v) is 14.0. The summed E-state index contributed by atoms with van der Waals surface area (Å²) in [5, 5.41) is 12.3. The quantitative estimate of drug-likeness (QED) is 0.168.